The van der Waals surface area contributed by atoms with Crippen LogP contribution in [0, 0.1) is 5.41 Å². The van der Waals surface area contributed by atoms with Gasteiger partial charge in [0.05, 0.1) is 16.7 Å². The van der Waals surface area contributed by atoms with E-state index in [1.54, 1.807) is 30.3 Å². The van der Waals surface area contributed by atoms with Crippen LogP contribution in [0.2, 0.25) is 0 Å². The number of nitrogen functional groups attached to an aromatic ring is 1. The highest BCUT2D eigenvalue weighted by Crippen LogP contribution is 2.23. The molecule has 0 amide bonds. The molecule has 0 fully saturated rings. The van der Waals surface area contributed by atoms with Crippen LogP contribution in [0.4, 0.5) is 5.69 Å². The normalized spacial score (nSPS) is 10.9. The molecule has 3 aromatic rings. The van der Waals surface area contributed by atoms with Crippen LogP contribution >= 0.6 is 0 Å². The number of amidine groups is 1. The van der Waals surface area contributed by atoms with Crippen molar-refractivity contribution < 1.29 is 34.8 Å². The maximum Gasteiger partial charge on any atom is 0.343 e. The van der Waals surface area contributed by atoms with Crippen LogP contribution in [0.1, 0.15) is 21.4 Å². The lowest BCUT2D eigenvalue weighted by atomic mass is 10.1. The lowest BCUT2D eigenvalue weighted by Crippen LogP contribution is -2.21. The molecule has 0 aliphatic rings. The van der Waals surface area contributed by atoms with Crippen molar-refractivity contribution in [2.75, 3.05) is 0 Å². The molecular weight excluding hydrogens is 424 g/mol. The summed E-state index contributed by atoms with van der Waals surface area (Å²) in [6.45, 7) is -0.500. The van der Waals surface area contributed by atoms with Gasteiger partial charge in [0.1, 0.15) is 11.6 Å². The summed E-state index contributed by atoms with van der Waals surface area (Å²) in [7, 11) is 0. The molecule has 3 rings (SSSR count). The standard InChI is InChI=1S/C19H17N5O2.2CH2O2/c20-17(21)14-2-1-13-10-16(8-5-12(13)9-14)26-18(25)11-3-6-15(7-4-11)24-19(22)23;2*2-1-3/h1-10H,(H3,20,21)(H4,22,23,24);2*1H,(H,2,3)/i3+1D,4+1D,6+1D,7+1D,11+1,15+1;;. The summed E-state index contributed by atoms with van der Waals surface area (Å²) < 4.78 is 37.3. The number of carbonyl (C=O) groups is 3. The van der Waals surface area contributed by atoms with Crippen LogP contribution in [0.15, 0.2) is 65.6 Å². The van der Waals surface area contributed by atoms with Crippen molar-refractivity contribution in [2.24, 2.45) is 22.2 Å². The second-order valence-corrected chi connectivity index (χ2v) is 5.50. The number of fused-ring (bicyclic) bond motifs is 1. The largest absolute Gasteiger partial charge is 0.483 e. The topological polar surface area (TPSA) is 215 Å². The summed E-state index contributed by atoms with van der Waals surface area (Å²) in [5.41, 5.74) is 15.7. The first-order chi connectivity index (χ1) is 16.9. The monoisotopic (exact) mass is 449 g/mol. The predicted molar refractivity (Wildman–Crippen MR) is 119 cm³/mol. The van der Waals surface area contributed by atoms with Crippen LogP contribution in [-0.2, 0) is 9.59 Å². The minimum Gasteiger partial charge on any atom is -0.483 e. The molecule has 0 aliphatic heterocycles. The Morgan fingerprint density at radius 3 is 2.00 bits per heavy atom. The van der Waals surface area contributed by atoms with E-state index in [4.69, 9.17) is 52.6 Å². The van der Waals surface area contributed by atoms with Gasteiger partial charge in [-0.2, -0.15) is 0 Å². The fraction of sp³-hybridized carbons (Fsp3) is 0. The molecule has 0 aliphatic carbocycles. The second-order valence-electron chi connectivity index (χ2n) is 5.50. The van der Waals surface area contributed by atoms with E-state index in [0.717, 1.165) is 5.39 Å². The van der Waals surface area contributed by atoms with E-state index in [1.807, 2.05) is 0 Å². The highest BCUT2D eigenvalue weighted by atomic mass is 16.5. The summed E-state index contributed by atoms with van der Waals surface area (Å²) in [5.74, 6) is -1.41. The number of guanidine groups is 1. The summed E-state index contributed by atoms with van der Waals surface area (Å²) in [6, 6.07) is 7.47. The Kier molecular flexibility index (Phi) is 7.50. The van der Waals surface area contributed by atoms with Gasteiger partial charge in [0.2, 0.25) is 0 Å². The second kappa shape index (κ2) is 12.6. The minimum atomic E-state index is -1.05. The molecule has 0 saturated carbocycles. The number of esters is 1. The van der Waals surface area contributed by atoms with Crippen molar-refractivity contribution >= 4 is 47.2 Å². The Labute approximate surface area is 187 Å². The summed E-state index contributed by atoms with van der Waals surface area (Å²) in [6.07, 6.45) is 0. The molecule has 0 radical (unpaired) electrons. The van der Waals surface area contributed by atoms with Gasteiger partial charge < -0.3 is 32.2 Å². The molecule has 11 heteroatoms. The smallest absolute Gasteiger partial charge is 0.343 e. The molecule has 0 unspecified atom stereocenters. The molecule has 0 saturated heterocycles. The Morgan fingerprint density at radius 1 is 0.938 bits per heavy atom. The lowest BCUT2D eigenvalue weighted by molar-refractivity contribution is -0.123. The fourth-order valence-corrected chi connectivity index (χ4v) is 2.21. The molecule has 0 bridgehead atoms. The first kappa shape index (κ1) is 19.1. The molecule has 166 valence electrons. The van der Waals surface area contributed by atoms with Crippen molar-refractivity contribution in [3.63, 3.8) is 0 Å². The lowest BCUT2D eigenvalue weighted by Gasteiger charge is -2.07. The number of nitrogens with one attached hydrogen (secondary N) is 1. The van der Waals surface area contributed by atoms with Crippen molar-refractivity contribution in [3.8, 4) is 5.75 Å². The number of nitrogens with zero attached hydrogens (tertiary/aromatic N) is 1. The van der Waals surface area contributed by atoms with Crippen LogP contribution in [-0.4, -0.2) is 40.9 Å². The van der Waals surface area contributed by atoms with Gasteiger partial charge in [-0.25, -0.2) is 9.79 Å². The molecule has 0 aromatic heterocycles. The third-order valence-electron chi connectivity index (χ3n) is 3.39. The SMILES string of the molecule is O=CO.O=CO.[2H][13c]1[13c]([2H])[13c](C(=O)Oc2ccc3cc(C(=N)N)ccc3c2)[13c]([2H])[13c]([2H])[13c]1N=C(N)N. The molecule has 9 N–H and O–H groups in total. The quantitative estimate of drug-likeness (QED) is 0.112. The van der Waals surface area contributed by atoms with Gasteiger partial charge in [-0.05, 0) is 53.1 Å². The number of hydrogen-bond donors (Lipinski definition) is 6. The summed E-state index contributed by atoms with van der Waals surface area (Å²) >= 11 is 0. The highest BCUT2D eigenvalue weighted by Gasteiger charge is 2.09. The number of carbonyl (C=O) groups excluding carboxylic acids is 1. The van der Waals surface area contributed by atoms with Crippen LogP contribution in [0.25, 0.3) is 10.8 Å². The number of carboxylic acid groups (broad SMARTS) is 2. The molecule has 0 heterocycles. The predicted octanol–water partition coefficient (Wildman–Crippen LogP) is 1.65. The van der Waals surface area contributed by atoms with E-state index in [2.05, 4.69) is 4.99 Å². The first-order valence-corrected chi connectivity index (χ1v) is 8.39. The molecule has 32 heavy (non-hydrogen) atoms. The van der Waals surface area contributed by atoms with Gasteiger partial charge in [0.15, 0.2) is 5.96 Å². The first-order valence-electron chi connectivity index (χ1n) is 10.4. The van der Waals surface area contributed by atoms with E-state index < -0.39 is 41.7 Å². The average molecular weight is 449 g/mol. The van der Waals surface area contributed by atoms with E-state index in [1.165, 1.54) is 6.07 Å². The minimum absolute atomic E-state index is 0.0695. The van der Waals surface area contributed by atoms with Crippen LogP contribution in [0.5, 0.6) is 5.75 Å². The molecule has 0 spiro atoms. The molecular formula is C21H21N5O6. The van der Waals surface area contributed by atoms with E-state index in [9.17, 15) is 4.79 Å². The van der Waals surface area contributed by atoms with Gasteiger partial charge in [-0.1, -0.05) is 18.2 Å². The van der Waals surface area contributed by atoms with E-state index in [0.29, 0.717) is 10.9 Å². The number of ether oxygens (including phenoxy) is 1. The Balaban J connectivity index is 0.000000982. The van der Waals surface area contributed by atoms with E-state index in [-0.39, 0.29) is 30.2 Å². The van der Waals surface area contributed by atoms with E-state index >= 15 is 0 Å². The molecule has 3 aromatic carbocycles. The zero-order valence-corrected chi connectivity index (χ0v) is 16.3. The molecule has 0 atom stereocenters. The fourth-order valence-electron chi connectivity index (χ4n) is 2.21. The number of benzene rings is 3. The van der Waals surface area contributed by atoms with Gasteiger partial charge in [-0.3, -0.25) is 15.0 Å². The molecule has 11 nitrogen and oxygen atoms in total. The van der Waals surface area contributed by atoms with Crippen LogP contribution in [0.3, 0.4) is 0 Å². The zero-order valence-electron chi connectivity index (χ0n) is 20.3. The average Bonchev–Trinajstić information content (AvgIpc) is 2.81. The van der Waals surface area contributed by atoms with Crippen molar-refractivity contribution in [3.05, 3.63) is 71.7 Å². The van der Waals surface area contributed by atoms with Crippen molar-refractivity contribution in [2.45, 2.75) is 0 Å². The van der Waals surface area contributed by atoms with Gasteiger partial charge >= 0.3 is 5.97 Å². The Bertz CT molecular complexity index is 1310. The highest BCUT2D eigenvalue weighted by molar-refractivity contribution is 5.99. The van der Waals surface area contributed by atoms with Crippen LogP contribution < -0.4 is 21.9 Å². The van der Waals surface area contributed by atoms with Crippen molar-refractivity contribution in [1.82, 2.24) is 0 Å². The van der Waals surface area contributed by atoms with Gasteiger partial charge in [-0.15, -0.1) is 0 Å². The number of aliphatic imine (C=N–C) groups is 1. The Morgan fingerprint density at radius 2 is 1.47 bits per heavy atom. The maximum absolute atomic E-state index is 12.6. The summed E-state index contributed by atoms with van der Waals surface area (Å²) in [5, 5.41) is 22.8. The van der Waals surface area contributed by atoms with Gasteiger partial charge in [0.25, 0.3) is 12.9 Å². The van der Waals surface area contributed by atoms with Gasteiger partial charge in [0, 0.05) is 5.56 Å². The Hall–Kier alpha value is -4.93. The number of nitrogens with two attached hydrogens (primary N) is 3. The third-order valence-corrected chi connectivity index (χ3v) is 3.39. The summed E-state index contributed by atoms with van der Waals surface area (Å²) in [4.78, 5) is 32.9. The number of hydrogen-bond acceptors (Lipinski definition) is 6. The number of rotatable bonds is 4. The van der Waals surface area contributed by atoms with Crippen molar-refractivity contribution in [1.29, 1.82) is 5.41 Å². The third kappa shape index (κ3) is 7.83. The zero-order chi connectivity index (χ0) is 27.6. The maximum atomic E-state index is 12.6.